The van der Waals surface area contributed by atoms with Crippen LogP contribution >= 0.6 is 0 Å². The van der Waals surface area contributed by atoms with Crippen LogP contribution in [0.5, 0.6) is 0 Å². The first-order chi connectivity index (χ1) is 10.0. The first-order valence-electron chi connectivity index (χ1n) is 7.43. The van der Waals surface area contributed by atoms with Gasteiger partial charge in [0.2, 0.25) is 10.0 Å². The van der Waals surface area contributed by atoms with Gasteiger partial charge in [-0.2, -0.15) is 0 Å². The van der Waals surface area contributed by atoms with Crippen molar-refractivity contribution in [1.29, 1.82) is 0 Å². The Kier molecular flexibility index (Phi) is 5.43. The van der Waals surface area contributed by atoms with Crippen LogP contribution < -0.4 is 4.72 Å². The van der Waals surface area contributed by atoms with Gasteiger partial charge in [-0.1, -0.05) is 6.92 Å². The van der Waals surface area contributed by atoms with Crippen LogP contribution in [0.2, 0.25) is 0 Å². The van der Waals surface area contributed by atoms with Crippen molar-refractivity contribution in [2.24, 2.45) is 5.92 Å². The molecule has 0 bridgehead atoms. The van der Waals surface area contributed by atoms with Gasteiger partial charge in [0.15, 0.2) is 0 Å². The van der Waals surface area contributed by atoms with Gasteiger partial charge in [-0.05, 0) is 25.8 Å². The highest BCUT2D eigenvalue weighted by Gasteiger charge is 2.28. The van der Waals surface area contributed by atoms with Crippen molar-refractivity contribution >= 4 is 10.0 Å². The Balaban J connectivity index is 2.06. The number of aromatic nitrogens is 1. The second-order valence-electron chi connectivity index (χ2n) is 5.33. The van der Waals surface area contributed by atoms with Crippen LogP contribution in [0.25, 0.3) is 0 Å². The summed E-state index contributed by atoms with van der Waals surface area (Å²) in [6.45, 7) is 5.51. The number of rotatable bonds is 7. The van der Waals surface area contributed by atoms with E-state index in [1.807, 2.05) is 13.8 Å². The van der Waals surface area contributed by atoms with E-state index in [2.05, 4.69) is 4.72 Å². The molecule has 7 heteroatoms. The SMILES string of the molecule is CCC1OCCC1CNS(=O)(=O)c1cc(CO)n(CC)c1. The Bertz CT molecular complexity index is 546. The second-order valence-corrected chi connectivity index (χ2v) is 7.10. The molecule has 2 rings (SSSR count). The van der Waals surface area contributed by atoms with Crippen molar-refractivity contribution in [3.05, 3.63) is 18.0 Å². The smallest absolute Gasteiger partial charge is 0.242 e. The molecule has 1 aromatic rings. The highest BCUT2D eigenvalue weighted by molar-refractivity contribution is 7.89. The maximum absolute atomic E-state index is 12.3. The van der Waals surface area contributed by atoms with Crippen LogP contribution in [-0.4, -0.2) is 37.3 Å². The van der Waals surface area contributed by atoms with Gasteiger partial charge in [0.25, 0.3) is 0 Å². The average Bonchev–Trinajstić information content (AvgIpc) is 3.11. The summed E-state index contributed by atoms with van der Waals surface area (Å²) < 4.78 is 34.6. The third-order valence-corrected chi connectivity index (χ3v) is 5.45. The zero-order valence-electron chi connectivity index (χ0n) is 12.6. The lowest BCUT2D eigenvalue weighted by molar-refractivity contribution is 0.0884. The van der Waals surface area contributed by atoms with Crippen molar-refractivity contribution in [2.75, 3.05) is 13.2 Å². The van der Waals surface area contributed by atoms with E-state index in [9.17, 15) is 13.5 Å². The normalized spacial score (nSPS) is 22.8. The molecular formula is C14H24N2O4S. The van der Waals surface area contributed by atoms with E-state index < -0.39 is 10.0 Å². The van der Waals surface area contributed by atoms with Gasteiger partial charge in [0.1, 0.15) is 0 Å². The van der Waals surface area contributed by atoms with Crippen LogP contribution in [0, 0.1) is 5.92 Å². The lowest BCUT2D eigenvalue weighted by Crippen LogP contribution is -2.32. The number of hydrogen-bond acceptors (Lipinski definition) is 4. The predicted octanol–water partition coefficient (Wildman–Crippen LogP) is 1.09. The molecule has 0 spiro atoms. The molecule has 2 heterocycles. The molecule has 0 amide bonds. The van der Waals surface area contributed by atoms with Gasteiger partial charge in [-0.25, -0.2) is 13.1 Å². The number of aliphatic hydroxyl groups excluding tert-OH is 1. The minimum Gasteiger partial charge on any atom is -0.390 e. The molecule has 1 aliphatic rings. The van der Waals surface area contributed by atoms with Crippen LogP contribution in [0.1, 0.15) is 32.4 Å². The molecule has 1 saturated heterocycles. The Labute approximate surface area is 126 Å². The molecule has 0 aromatic carbocycles. The van der Waals surface area contributed by atoms with Gasteiger partial charge in [-0.3, -0.25) is 0 Å². The summed E-state index contributed by atoms with van der Waals surface area (Å²) in [4.78, 5) is 0.209. The zero-order valence-corrected chi connectivity index (χ0v) is 13.4. The third kappa shape index (κ3) is 3.66. The molecule has 2 N–H and O–H groups in total. The van der Waals surface area contributed by atoms with E-state index in [1.54, 1.807) is 10.8 Å². The lowest BCUT2D eigenvalue weighted by Gasteiger charge is -2.16. The summed E-state index contributed by atoms with van der Waals surface area (Å²) in [7, 11) is -3.54. The highest BCUT2D eigenvalue weighted by Crippen LogP contribution is 2.23. The molecule has 120 valence electrons. The van der Waals surface area contributed by atoms with Crippen LogP contribution in [0.15, 0.2) is 17.2 Å². The number of nitrogens with zero attached hydrogens (tertiary/aromatic N) is 1. The van der Waals surface area contributed by atoms with Gasteiger partial charge in [0, 0.05) is 37.5 Å². The first kappa shape index (κ1) is 16.5. The first-order valence-corrected chi connectivity index (χ1v) is 8.91. The summed E-state index contributed by atoms with van der Waals surface area (Å²) in [5.41, 5.74) is 0.605. The molecule has 0 saturated carbocycles. The summed E-state index contributed by atoms with van der Waals surface area (Å²) in [6, 6.07) is 1.52. The van der Waals surface area contributed by atoms with Crippen LogP contribution in [0.3, 0.4) is 0 Å². The van der Waals surface area contributed by atoms with Gasteiger partial charge in [0.05, 0.1) is 17.6 Å². The molecule has 1 fully saturated rings. The van der Waals surface area contributed by atoms with E-state index in [-0.39, 0.29) is 23.5 Å². The van der Waals surface area contributed by atoms with E-state index in [0.29, 0.717) is 25.4 Å². The Morgan fingerprint density at radius 2 is 2.24 bits per heavy atom. The fourth-order valence-electron chi connectivity index (χ4n) is 2.78. The summed E-state index contributed by atoms with van der Waals surface area (Å²) >= 11 is 0. The number of aryl methyl sites for hydroxylation is 1. The van der Waals surface area contributed by atoms with Crippen LogP contribution in [0.4, 0.5) is 0 Å². The zero-order chi connectivity index (χ0) is 15.5. The highest BCUT2D eigenvalue weighted by atomic mass is 32.2. The van der Waals surface area contributed by atoms with E-state index in [1.165, 1.54) is 6.07 Å². The Morgan fingerprint density at radius 3 is 2.81 bits per heavy atom. The number of nitrogens with one attached hydrogen (secondary N) is 1. The fourth-order valence-corrected chi connectivity index (χ4v) is 3.93. The van der Waals surface area contributed by atoms with E-state index in [0.717, 1.165) is 12.8 Å². The van der Waals surface area contributed by atoms with Crippen molar-refractivity contribution in [2.45, 2.75) is 50.8 Å². The predicted molar refractivity (Wildman–Crippen MR) is 79.4 cm³/mol. The van der Waals surface area contributed by atoms with E-state index in [4.69, 9.17) is 4.74 Å². The van der Waals surface area contributed by atoms with E-state index >= 15 is 0 Å². The molecular weight excluding hydrogens is 292 g/mol. The number of sulfonamides is 1. The molecule has 0 aliphatic carbocycles. The lowest BCUT2D eigenvalue weighted by atomic mass is 10.0. The Morgan fingerprint density at radius 1 is 1.48 bits per heavy atom. The summed E-state index contributed by atoms with van der Waals surface area (Å²) in [5.74, 6) is 0.232. The standard InChI is InChI=1S/C14H24N2O4S/c1-3-14-11(5-6-20-14)8-15-21(18,19)13-7-12(10-17)16(4-2)9-13/h7,9,11,14-15,17H,3-6,8,10H2,1-2H3. The number of ether oxygens (including phenoxy) is 1. The average molecular weight is 316 g/mol. The van der Waals surface area contributed by atoms with Gasteiger partial charge >= 0.3 is 0 Å². The molecule has 6 nitrogen and oxygen atoms in total. The summed E-state index contributed by atoms with van der Waals surface area (Å²) in [5, 5.41) is 9.25. The van der Waals surface area contributed by atoms with Crippen molar-refractivity contribution in [3.8, 4) is 0 Å². The topological polar surface area (TPSA) is 80.6 Å². The quantitative estimate of drug-likeness (QED) is 0.789. The van der Waals surface area contributed by atoms with Crippen LogP contribution in [-0.2, 0) is 27.9 Å². The molecule has 21 heavy (non-hydrogen) atoms. The maximum Gasteiger partial charge on any atom is 0.242 e. The van der Waals surface area contributed by atoms with Gasteiger partial charge < -0.3 is 14.4 Å². The third-order valence-electron chi connectivity index (χ3n) is 4.06. The molecule has 0 radical (unpaired) electrons. The minimum absolute atomic E-state index is 0.140. The van der Waals surface area contributed by atoms with Gasteiger partial charge in [-0.15, -0.1) is 0 Å². The monoisotopic (exact) mass is 316 g/mol. The van der Waals surface area contributed by atoms with Crippen molar-refractivity contribution < 1.29 is 18.3 Å². The van der Waals surface area contributed by atoms with Crippen molar-refractivity contribution in [1.82, 2.24) is 9.29 Å². The molecule has 1 aromatic heterocycles. The molecule has 1 aliphatic heterocycles. The molecule has 2 unspecified atom stereocenters. The number of hydrogen-bond donors (Lipinski definition) is 2. The largest absolute Gasteiger partial charge is 0.390 e. The second kappa shape index (κ2) is 6.91. The summed E-state index contributed by atoms with van der Waals surface area (Å²) in [6.07, 6.45) is 3.49. The minimum atomic E-state index is -3.54. The number of aliphatic hydroxyl groups is 1. The molecule has 2 atom stereocenters. The fraction of sp³-hybridized carbons (Fsp3) is 0.714. The maximum atomic E-state index is 12.3. The Hall–Kier alpha value is -0.890. The van der Waals surface area contributed by atoms with Crippen molar-refractivity contribution in [3.63, 3.8) is 0 Å².